The highest BCUT2D eigenvalue weighted by Gasteiger charge is 2.04. The summed E-state index contributed by atoms with van der Waals surface area (Å²) in [5.41, 5.74) is 2.33. The third-order valence-electron chi connectivity index (χ3n) is 2.53. The fourth-order valence-corrected chi connectivity index (χ4v) is 1.66. The molecule has 0 fully saturated rings. The van der Waals surface area contributed by atoms with E-state index in [-0.39, 0.29) is 5.75 Å². The van der Waals surface area contributed by atoms with E-state index >= 15 is 0 Å². The average molecular weight is 228 g/mol. The van der Waals surface area contributed by atoms with Crippen molar-refractivity contribution in [2.24, 2.45) is 0 Å². The maximum atomic E-state index is 10.7. The Bertz CT molecular complexity index is 547. The molecular weight excluding hydrogens is 216 g/mol. The molecule has 2 aromatic rings. The fourth-order valence-electron chi connectivity index (χ4n) is 1.66. The van der Waals surface area contributed by atoms with E-state index in [1.165, 1.54) is 7.11 Å². The first-order chi connectivity index (χ1) is 8.24. The molecule has 0 saturated carbocycles. The first-order valence-electron chi connectivity index (χ1n) is 5.17. The number of carbonyl (C=O) groups is 1. The Morgan fingerprint density at radius 2 is 1.88 bits per heavy atom. The number of hydrogen-bond donors (Lipinski definition) is 1. The minimum Gasteiger partial charge on any atom is -0.504 e. The van der Waals surface area contributed by atoms with Crippen LogP contribution in [0.15, 0.2) is 42.5 Å². The van der Waals surface area contributed by atoms with Gasteiger partial charge < -0.3 is 9.84 Å². The molecular formula is C14H12O3. The Hall–Kier alpha value is -2.29. The van der Waals surface area contributed by atoms with Crippen LogP contribution in [0.3, 0.4) is 0 Å². The van der Waals surface area contributed by atoms with Crippen molar-refractivity contribution in [2.75, 3.05) is 7.11 Å². The number of methoxy groups -OCH3 is 1. The van der Waals surface area contributed by atoms with Crippen LogP contribution in [0.5, 0.6) is 11.5 Å². The molecule has 0 spiro atoms. The van der Waals surface area contributed by atoms with Crippen molar-refractivity contribution in [3.63, 3.8) is 0 Å². The van der Waals surface area contributed by atoms with Crippen molar-refractivity contribution in [3.8, 4) is 22.6 Å². The summed E-state index contributed by atoms with van der Waals surface area (Å²) >= 11 is 0. The van der Waals surface area contributed by atoms with Crippen molar-refractivity contribution in [1.82, 2.24) is 0 Å². The number of phenolic OH excluding ortho intramolecular Hbond substituents is 1. The largest absolute Gasteiger partial charge is 0.504 e. The van der Waals surface area contributed by atoms with E-state index in [9.17, 15) is 9.90 Å². The topological polar surface area (TPSA) is 46.5 Å². The van der Waals surface area contributed by atoms with Crippen LogP contribution in [0, 0.1) is 0 Å². The van der Waals surface area contributed by atoms with E-state index in [1.54, 1.807) is 30.3 Å². The van der Waals surface area contributed by atoms with Gasteiger partial charge in [0.15, 0.2) is 11.5 Å². The van der Waals surface area contributed by atoms with Crippen LogP contribution >= 0.6 is 0 Å². The second kappa shape index (κ2) is 4.70. The molecule has 0 unspecified atom stereocenters. The minimum atomic E-state index is 0.0847. The smallest absolute Gasteiger partial charge is 0.160 e. The van der Waals surface area contributed by atoms with Crippen LogP contribution in [0.2, 0.25) is 0 Å². The lowest BCUT2D eigenvalue weighted by atomic mass is 10.0. The first kappa shape index (κ1) is 11.2. The Morgan fingerprint density at radius 1 is 1.12 bits per heavy atom. The van der Waals surface area contributed by atoms with E-state index in [0.717, 1.165) is 17.4 Å². The standard InChI is InChI=1S/C14H12O3/c1-17-14-6-5-12(8-13(14)16)11-4-2-3-10(7-11)9-15/h2-9,16H,1H3. The SMILES string of the molecule is COc1ccc(-c2cccc(C=O)c2)cc1O. The van der Waals surface area contributed by atoms with Gasteiger partial charge in [0, 0.05) is 5.56 Å². The molecule has 0 aliphatic heterocycles. The fraction of sp³-hybridized carbons (Fsp3) is 0.0714. The third-order valence-corrected chi connectivity index (χ3v) is 2.53. The normalized spacial score (nSPS) is 9.94. The maximum absolute atomic E-state index is 10.7. The van der Waals surface area contributed by atoms with Crippen LogP contribution in [0.1, 0.15) is 10.4 Å². The van der Waals surface area contributed by atoms with E-state index in [2.05, 4.69) is 0 Å². The summed E-state index contributed by atoms with van der Waals surface area (Å²) < 4.78 is 4.97. The number of aldehydes is 1. The molecule has 1 N–H and O–H groups in total. The van der Waals surface area contributed by atoms with Gasteiger partial charge in [0.05, 0.1) is 7.11 Å². The van der Waals surface area contributed by atoms with Crippen LogP contribution in [0.4, 0.5) is 0 Å². The van der Waals surface area contributed by atoms with E-state index < -0.39 is 0 Å². The number of aromatic hydroxyl groups is 1. The summed E-state index contributed by atoms with van der Waals surface area (Å²) in [5, 5.41) is 9.68. The van der Waals surface area contributed by atoms with Gasteiger partial charge in [-0.3, -0.25) is 4.79 Å². The molecule has 3 heteroatoms. The lowest BCUT2D eigenvalue weighted by Gasteiger charge is -2.06. The number of hydrogen-bond acceptors (Lipinski definition) is 3. The number of benzene rings is 2. The summed E-state index contributed by atoms with van der Waals surface area (Å²) in [7, 11) is 1.50. The minimum absolute atomic E-state index is 0.0847. The lowest BCUT2D eigenvalue weighted by Crippen LogP contribution is -1.86. The predicted molar refractivity (Wildman–Crippen MR) is 65.5 cm³/mol. The highest BCUT2D eigenvalue weighted by Crippen LogP contribution is 2.31. The Balaban J connectivity index is 2.45. The summed E-state index contributed by atoms with van der Waals surface area (Å²) in [6.07, 6.45) is 0.798. The summed E-state index contributed by atoms with van der Waals surface area (Å²) in [6.45, 7) is 0. The van der Waals surface area contributed by atoms with Gasteiger partial charge in [0.25, 0.3) is 0 Å². The number of ether oxygens (including phenoxy) is 1. The molecule has 0 amide bonds. The van der Waals surface area contributed by atoms with E-state index in [0.29, 0.717) is 11.3 Å². The third kappa shape index (κ3) is 2.28. The van der Waals surface area contributed by atoms with Crippen molar-refractivity contribution in [3.05, 3.63) is 48.0 Å². The molecule has 0 atom stereocenters. The van der Waals surface area contributed by atoms with Gasteiger partial charge in [0.2, 0.25) is 0 Å². The van der Waals surface area contributed by atoms with E-state index in [4.69, 9.17) is 4.74 Å². The van der Waals surface area contributed by atoms with Crippen LogP contribution in [0.25, 0.3) is 11.1 Å². The molecule has 0 bridgehead atoms. The molecule has 0 saturated heterocycles. The van der Waals surface area contributed by atoms with Crippen molar-refractivity contribution in [2.45, 2.75) is 0 Å². The lowest BCUT2D eigenvalue weighted by molar-refractivity contribution is 0.112. The van der Waals surface area contributed by atoms with Gasteiger partial charge in [-0.2, -0.15) is 0 Å². The van der Waals surface area contributed by atoms with Gasteiger partial charge in [-0.15, -0.1) is 0 Å². The predicted octanol–water partition coefficient (Wildman–Crippen LogP) is 2.88. The van der Waals surface area contributed by atoms with E-state index in [1.807, 2.05) is 12.1 Å². The van der Waals surface area contributed by atoms with Gasteiger partial charge in [-0.25, -0.2) is 0 Å². The Morgan fingerprint density at radius 3 is 2.53 bits per heavy atom. The summed E-state index contributed by atoms with van der Waals surface area (Å²) in [5.74, 6) is 0.516. The van der Waals surface area contributed by atoms with Gasteiger partial charge >= 0.3 is 0 Å². The quantitative estimate of drug-likeness (QED) is 0.821. The van der Waals surface area contributed by atoms with Crippen molar-refractivity contribution >= 4 is 6.29 Å². The summed E-state index contributed by atoms with van der Waals surface area (Å²) in [6, 6.07) is 12.3. The second-order valence-electron chi connectivity index (χ2n) is 3.63. The Labute approximate surface area is 99.3 Å². The second-order valence-corrected chi connectivity index (χ2v) is 3.63. The molecule has 17 heavy (non-hydrogen) atoms. The molecule has 3 nitrogen and oxygen atoms in total. The molecule has 86 valence electrons. The molecule has 0 aliphatic carbocycles. The number of rotatable bonds is 3. The Kier molecular flexibility index (Phi) is 3.10. The van der Waals surface area contributed by atoms with Gasteiger partial charge in [-0.05, 0) is 29.3 Å². The van der Waals surface area contributed by atoms with Crippen LogP contribution in [-0.2, 0) is 0 Å². The maximum Gasteiger partial charge on any atom is 0.160 e. The van der Waals surface area contributed by atoms with Gasteiger partial charge in [-0.1, -0.05) is 24.3 Å². The highest BCUT2D eigenvalue weighted by molar-refractivity contribution is 5.79. The molecule has 0 aromatic heterocycles. The van der Waals surface area contributed by atoms with Crippen LogP contribution < -0.4 is 4.74 Å². The number of carbonyl (C=O) groups excluding carboxylic acids is 1. The molecule has 0 heterocycles. The zero-order chi connectivity index (χ0) is 12.3. The van der Waals surface area contributed by atoms with Gasteiger partial charge in [0.1, 0.15) is 6.29 Å². The molecule has 0 aliphatic rings. The van der Waals surface area contributed by atoms with Crippen LogP contribution in [-0.4, -0.2) is 18.5 Å². The zero-order valence-electron chi connectivity index (χ0n) is 9.38. The van der Waals surface area contributed by atoms with Crippen molar-refractivity contribution in [1.29, 1.82) is 0 Å². The van der Waals surface area contributed by atoms with Crippen molar-refractivity contribution < 1.29 is 14.6 Å². The molecule has 2 aromatic carbocycles. The summed E-state index contributed by atoms with van der Waals surface area (Å²) in [4.78, 5) is 10.7. The average Bonchev–Trinajstić information content (AvgIpc) is 2.38. The first-order valence-corrected chi connectivity index (χ1v) is 5.17. The molecule has 2 rings (SSSR count). The number of phenols is 1. The highest BCUT2D eigenvalue weighted by atomic mass is 16.5. The monoisotopic (exact) mass is 228 g/mol. The molecule has 0 radical (unpaired) electrons. The zero-order valence-corrected chi connectivity index (χ0v) is 9.38.